The van der Waals surface area contributed by atoms with E-state index in [1.165, 1.54) is 55.3 Å². The zero-order valence-corrected chi connectivity index (χ0v) is 26.6. The normalized spacial score (nSPS) is 13.5. The molecule has 0 saturated heterocycles. The molecule has 0 saturated carbocycles. The van der Waals surface area contributed by atoms with Crippen molar-refractivity contribution < 1.29 is 4.42 Å². The van der Waals surface area contributed by atoms with Crippen LogP contribution in [0.15, 0.2) is 180 Å². The van der Waals surface area contributed by atoms with E-state index in [2.05, 4.69) is 181 Å². The lowest BCUT2D eigenvalue weighted by atomic mass is 9.70. The van der Waals surface area contributed by atoms with Crippen LogP contribution in [0, 0.1) is 0 Å². The molecule has 1 heterocycles. The van der Waals surface area contributed by atoms with Crippen molar-refractivity contribution >= 4 is 49.8 Å². The number of para-hydroxylation sites is 2. The zero-order valence-electron chi connectivity index (χ0n) is 26.6. The van der Waals surface area contributed by atoms with Gasteiger partial charge in [-0.05, 0) is 91.7 Å². The molecule has 11 rings (SSSR count). The third-order valence-corrected chi connectivity index (χ3v) is 10.8. The van der Waals surface area contributed by atoms with Gasteiger partial charge in [-0.25, -0.2) is 0 Å². The van der Waals surface area contributed by atoms with Gasteiger partial charge >= 0.3 is 0 Å². The molecule has 0 fully saturated rings. The number of anilines is 3. The second-order valence-corrected chi connectivity index (χ2v) is 13.2. The third kappa shape index (κ3) is 3.45. The van der Waals surface area contributed by atoms with E-state index >= 15 is 0 Å². The van der Waals surface area contributed by atoms with Crippen molar-refractivity contribution in [3.63, 3.8) is 0 Å². The molecule has 49 heavy (non-hydrogen) atoms. The smallest absolute Gasteiger partial charge is 0.160 e. The summed E-state index contributed by atoms with van der Waals surface area (Å²) < 4.78 is 6.80. The van der Waals surface area contributed by atoms with Crippen molar-refractivity contribution in [3.05, 3.63) is 198 Å². The minimum atomic E-state index is -0.421. The van der Waals surface area contributed by atoms with Crippen LogP contribution in [-0.2, 0) is 5.41 Å². The van der Waals surface area contributed by atoms with E-state index in [-0.39, 0.29) is 0 Å². The molecule has 2 nitrogen and oxygen atoms in total. The standard InChI is InChI=1S/C47H29NO/c1-2-15-31(16-3-1)48(43-28-30-14-4-5-17-33(30)45-38-21-9-13-25-44(38)49-46(43)45)32-26-27-37-36-20-8-12-24-41(36)47(42(37)29-32)39-22-10-6-18-34(39)35-19-7-11-23-40(35)47/h1-29H. The maximum Gasteiger partial charge on any atom is 0.160 e. The van der Waals surface area contributed by atoms with Gasteiger partial charge in [0.2, 0.25) is 0 Å². The first-order chi connectivity index (χ1) is 24.3. The van der Waals surface area contributed by atoms with Crippen molar-refractivity contribution in [2.24, 2.45) is 0 Å². The summed E-state index contributed by atoms with van der Waals surface area (Å²) in [5, 5.41) is 4.65. The van der Waals surface area contributed by atoms with Crippen LogP contribution < -0.4 is 4.90 Å². The van der Waals surface area contributed by atoms with E-state index in [1.54, 1.807) is 0 Å². The van der Waals surface area contributed by atoms with Crippen molar-refractivity contribution in [1.29, 1.82) is 0 Å². The lowest BCUT2D eigenvalue weighted by Gasteiger charge is -2.32. The lowest BCUT2D eigenvalue weighted by Crippen LogP contribution is -2.26. The molecule has 228 valence electrons. The Morgan fingerprint density at radius 2 is 0.959 bits per heavy atom. The summed E-state index contributed by atoms with van der Waals surface area (Å²) in [5.74, 6) is 0. The molecule has 0 unspecified atom stereocenters. The number of hydrogen-bond donors (Lipinski definition) is 0. The Morgan fingerprint density at radius 1 is 0.408 bits per heavy atom. The summed E-state index contributed by atoms with van der Waals surface area (Å²) in [7, 11) is 0. The lowest BCUT2D eigenvalue weighted by molar-refractivity contribution is 0.669. The Morgan fingerprint density at radius 3 is 1.65 bits per heavy atom. The minimum Gasteiger partial charge on any atom is -0.454 e. The van der Waals surface area contributed by atoms with Gasteiger partial charge in [0, 0.05) is 22.1 Å². The van der Waals surface area contributed by atoms with Crippen molar-refractivity contribution in [1.82, 2.24) is 0 Å². The average Bonchev–Trinajstić information content (AvgIpc) is 3.80. The molecule has 0 bridgehead atoms. The molecule has 2 aliphatic carbocycles. The summed E-state index contributed by atoms with van der Waals surface area (Å²) in [6, 6.07) is 64.1. The van der Waals surface area contributed by atoms with Crippen LogP contribution in [0.4, 0.5) is 17.1 Å². The highest BCUT2D eigenvalue weighted by molar-refractivity contribution is 6.23. The van der Waals surface area contributed by atoms with Crippen LogP contribution in [0.1, 0.15) is 22.3 Å². The van der Waals surface area contributed by atoms with Crippen LogP contribution in [0.25, 0.3) is 55.0 Å². The maximum atomic E-state index is 6.80. The largest absolute Gasteiger partial charge is 0.454 e. The van der Waals surface area contributed by atoms with Crippen molar-refractivity contribution in [3.8, 4) is 22.3 Å². The number of furan rings is 1. The first-order valence-electron chi connectivity index (χ1n) is 16.9. The SMILES string of the molecule is c1ccc(N(c2ccc3c(c2)C2(c4ccccc4-c4ccccc42)c2ccccc2-3)c2cc3ccccc3c3c2oc2ccccc23)cc1. The second kappa shape index (κ2) is 9.82. The Hall–Kier alpha value is -6.38. The van der Waals surface area contributed by atoms with E-state index in [9.17, 15) is 0 Å². The fraction of sp³-hybridized carbons (Fsp3) is 0.0213. The van der Waals surface area contributed by atoms with E-state index < -0.39 is 5.41 Å². The van der Waals surface area contributed by atoms with Crippen molar-refractivity contribution in [2.75, 3.05) is 4.90 Å². The van der Waals surface area contributed by atoms with Gasteiger partial charge < -0.3 is 9.32 Å². The topological polar surface area (TPSA) is 16.4 Å². The van der Waals surface area contributed by atoms with Crippen LogP contribution in [0.5, 0.6) is 0 Å². The summed E-state index contributed by atoms with van der Waals surface area (Å²) in [6.07, 6.45) is 0. The van der Waals surface area contributed by atoms with E-state index in [4.69, 9.17) is 4.42 Å². The quantitative estimate of drug-likeness (QED) is 0.195. The highest BCUT2D eigenvalue weighted by Gasteiger charge is 2.51. The fourth-order valence-corrected chi connectivity index (χ4v) is 8.95. The Bertz CT molecular complexity index is 2730. The van der Waals surface area contributed by atoms with Gasteiger partial charge in [0.05, 0.1) is 11.1 Å². The molecule has 2 aliphatic rings. The first kappa shape index (κ1) is 26.7. The Balaban J connectivity index is 1.25. The van der Waals surface area contributed by atoms with Gasteiger partial charge in [0.1, 0.15) is 5.58 Å². The third-order valence-electron chi connectivity index (χ3n) is 10.8. The Labute approximate surface area is 284 Å². The summed E-state index contributed by atoms with van der Waals surface area (Å²) in [4.78, 5) is 2.39. The number of fused-ring (bicyclic) bond motifs is 15. The predicted octanol–water partition coefficient (Wildman–Crippen LogP) is 12.6. The van der Waals surface area contributed by atoms with Gasteiger partial charge in [-0.15, -0.1) is 0 Å². The molecule has 0 N–H and O–H groups in total. The highest BCUT2D eigenvalue weighted by Crippen LogP contribution is 2.63. The molecule has 0 aliphatic heterocycles. The van der Waals surface area contributed by atoms with E-state index in [1.807, 2.05) is 0 Å². The molecule has 8 aromatic carbocycles. The van der Waals surface area contributed by atoms with Gasteiger partial charge in [0.25, 0.3) is 0 Å². The molecule has 9 aromatic rings. The molecule has 0 radical (unpaired) electrons. The molecule has 0 atom stereocenters. The van der Waals surface area contributed by atoms with Crippen LogP contribution in [0.2, 0.25) is 0 Å². The Kier molecular flexibility index (Phi) is 5.34. The van der Waals surface area contributed by atoms with Gasteiger partial charge in [-0.3, -0.25) is 0 Å². The highest BCUT2D eigenvalue weighted by atomic mass is 16.3. The van der Waals surface area contributed by atoms with Crippen LogP contribution in [-0.4, -0.2) is 0 Å². The number of nitrogens with zero attached hydrogens (tertiary/aromatic N) is 1. The zero-order chi connectivity index (χ0) is 32.1. The fourth-order valence-electron chi connectivity index (χ4n) is 8.95. The molecule has 2 heteroatoms. The summed E-state index contributed by atoms with van der Waals surface area (Å²) in [5.41, 5.74) is 15.1. The molecule has 1 spiro atoms. The summed E-state index contributed by atoms with van der Waals surface area (Å²) >= 11 is 0. The van der Waals surface area contributed by atoms with Crippen LogP contribution in [0.3, 0.4) is 0 Å². The number of hydrogen-bond acceptors (Lipinski definition) is 2. The molecule has 1 aromatic heterocycles. The van der Waals surface area contributed by atoms with Gasteiger partial charge in [-0.2, -0.15) is 0 Å². The number of benzene rings is 8. The average molecular weight is 624 g/mol. The number of rotatable bonds is 3. The van der Waals surface area contributed by atoms with E-state index in [0.717, 1.165) is 39.0 Å². The van der Waals surface area contributed by atoms with Crippen molar-refractivity contribution in [2.45, 2.75) is 5.41 Å². The maximum absolute atomic E-state index is 6.80. The molecule has 0 amide bonds. The van der Waals surface area contributed by atoms with Gasteiger partial charge in [-0.1, -0.05) is 140 Å². The molecular formula is C47H29NO. The first-order valence-corrected chi connectivity index (χ1v) is 16.9. The minimum absolute atomic E-state index is 0.421. The van der Waals surface area contributed by atoms with Crippen LogP contribution >= 0.6 is 0 Å². The predicted molar refractivity (Wildman–Crippen MR) is 202 cm³/mol. The van der Waals surface area contributed by atoms with E-state index in [0.29, 0.717) is 0 Å². The summed E-state index contributed by atoms with van der Waals surface area (Å²) in [6.45, 7) is 0. The molecular weight excluding hydrogens is 595 g/mol. The second-order valence-electron chi connectivity index (χ2n) is 13.2. The monoisotopic (exact) mass is 623 g/mol. The van der Waals surface area contributed by atoms with Gasteiger partial charge in [0.15, 0.2) is 5.58 Å².